The molecule has 1 aromatic rings. The third-order valence-electron chi connectivity index (χ3n) is 3.05. The van der Waals surface area contributed by atoms with Gasteiger partial charge in [-0.2, -0.15) is 10.5 Å². The van der Waals surface area contributed by atoms with Crippen LogP contribution in [0.4, 0.5) is 0 Å². The standard InChI is InChI=1S/C14H20N4/c1-2-3-4-5-6-7-8-9-18-12-17-13(10-15)14(18)11-16/h12H,2-9H2,1H3. The molecule has 18 heavy (non-hydrogen) atoms. The number of hydrogen-bond acceptors (Lipinski definition) is 3. The quantitative estimate of drug-likeness (QED) is 0.658. The van der Waals surface area contributed by atoms with E-state index in [1.165, 1.54) is 38.5 Å². The van der Waals surface area contributed by atoms with Gasteiger partial charge in [-0.15, -0.1) is 0 Å². The van der Waals surface area contributed by atoms with Crippen molar-refractivity contribution in [3.63, 3.8) is 0 Å². The van der Waals surface area contributed by atoms with Crippen LogP contribution in [0.1, 0.15) is 63.3 Å². The summed E-state index contributed by atoms with van der Waals surface area (Å²) >= 11 is 0. The van der Waals surface area contributed by atoms with Gasteiger partial charge in [0.05, 0.1) is 6.33 Å². The Morgan fingerprint density at radius 3 is 2.33 bits per heavy atom. The average Bonchev–Trinajstić information content (AvgIpc) is 2.79. The highest BCUT2D eigenvalue weighted by molar-refractivity contribution is 5.35. The first-order valence-electron chi connectivity index (χ1n) is 6.68. The second-order valence-electron chi connectivity index (χ2n) is 4.48. The van der Waals surface area contributed by atoms with E-state index in [9.17, 15) is 0 Å². The van der Waals surface area contributed by atoms with Crippen molar-refractivity contribution >= 4 is 0 Å². The van der Waals surface area contributed by atoms with E-state index in [4.69, 9.17) is 10.5 Å². The molecular weight excluding hydrogens is 224 g/mol. The van der Waals surface area contributed by atoms with Crippen molar-refractivity contribution in [3.05, 3.63) is 17.7 Å². The smallest absolute Gasteiger partial charge is 0.176 e. The minimum atomic E-state index is 0.237. The molecule has 0 aromatic carbocycles. The zero-order valence-corrected chi connectivity index (χ0v) is 11.0. The van der Waals surface area contributed by atoms with Crippen LogP contribution < -0.4 is 0 Å². The Kier molecular flexibility index (Phi) is 6.58. The van der Waals surface area contributed by atoms with Gasteiger partial charge in [-0.1, -0.05) is 45.4 Å². The second-order valence-corrected chi connectivity index (χ2v) is 4.48. The number of unbranched alkanes of at least 4 members (excludes halogenated alkanes) is 6. The summed E-state index contributed by atoms with van der Waals surface area (Å²) in [6.45, 7) is 3.00. The fourth-order valence-corrected chi connectivity index (χ4v) is 1.99. The van der Waals surface area contributed by atoms with E-state index in [0.29, 0.717) is 5.69 Å². The molecule has 0 amide bonds. The molecule has 0 fully saturated rings. The van der Waals surface area contributed by atoms with E-state index in [-0.39, 0.29) is 5.69 Å². The Hall–Kier alpha value is -1.81. The van der Waals surface area contributed by atoms with E-state index < -0.39 is 0 Å². The second kappa shape index (κ2) is 8.31. The molecule has 0 saturated carbocycles. The molecule has 0 N–H and O–H groups in total. The van der Waals surface area contributed by atoms with Crippen LogP contribution in [0.15, 0.2) is 6.33 Å². The van der Waals surface area contributed by atoms with Crippen molar-refractivity contribution < 1.29 is 0 Å². The van der Waals surface area contributed by atoms with Gasteiger partial charge in [0.2, 0.25) is 0 Å². The fraction of sp³-hybridized carbons (Fsp3) is 0.643. The van der Waals surface area contributed by atoms with Crippen LogP contribution in [0.2, 0.25) is 0 Å². The summed E-state index contributed by atoms with van der Waals surface area (Å²) in [6.07, 6.45) is 10.3. The van der Waals surface area contributed by atoms with Gasteiger partial charge in [-0.25, -0.2) is 4.98 Å². The Bertz CT molecular complexity index is 434. The third kappa shape index (κ3) is 4.22. The van der Waals surface area contributed by atoms with Crippen molar-refractivity contribution in [1.29, 1.82) is 10.5 Å². The van der Waals surface area contributed by atoms with Crippen LogP contribution in [0.25, 0.3) is 0 Å². The van der Waals surface area contributed by atoms with E-state index in [2.05, 4.69) is 11.9 Å². The first kappa shape index (κ1) is 14.3. The molecule has 0 aliphatic carbocycles. The van der Waals surface area contributed by atoms with Crippen LogP contribution in [0.3, 0.4) is 0 Å². The van der Waals surface area contributed by atoms with E-state index in [1.54, 1.807) is 10.9 Å². The van der Waals surface area contributed by atoms with E-state index in [1.807, 2.05) is 12.1 Å². The highest BCUT2D eigenvalue weighted by Gasteiger charge is 2.08. The van der Waals surface area contributed by atoms with Gasteiger partial charge in [0.1, 0.15) is 12.1 Å². The van der Waals surface area contributed by atoms with Gasteiger partial charge in [-0.3, -0.25) is 0 Å². The predicted molar refractivity (Wildman–Crippen MR) is 69.7 cm³/mol. The van der Waals surface area contributed by atoms with Gasteiger partial charge < -0.3 is 4.57 Å². The van der Waals surface area contributed by atoms with Crippen LogP contribution in [0.5, 0.6) is 0 Å². The van der Waals surface area contributed by atoms with Gasteiger partial charge in [0.15, 0.2) is 11.4 Å². The molecule has 1 heterocycles. The van der Waals surface area contributed by atoms with Gasteiger partial charge in [0, 0.05) is 6.54 Å². The molecule has 0 saturated heterocycles. The molecule has 0 bridgehead atoms. The minimum absolute atomic E-state index is 0.237. The molecular formula is C14H20N4. The van der Waals surface area contributed by atoms with Gasteiger partial charge in [0.25, 0.3) is 0 Å². The number of nitrogens with zero attached hydrogens (tertiary/aromatic N) is 4. The summed E-state index contributed by atoms with van der Waals surface area (Å²) in [7, 11) is 0. The number of rotatable bonds is 8. The summed E-state index contributed by atoms with van der Waals surface area (Å²) in [5, 5.41) is 17.7. The molecule has 0 unspecified atom stereocenters. The summed E-state index contributed by atoms with van der Waals surface area (Å²) in [5.41, 5.74) is 0.629. The maximum atomic E-state index is 8.96. The monoisotopic (exact) mass is 244 g/mol. The van der Waals surface area contributed by atoms with Crippen LogP contribution in [-0.4, -0.2) is 9.55 Å². The first-order chi connectivity index (χ1) is 8.83. The van der Waals surface area contributed by atoms with Gasteiger partial charge >= 0.3 is 0 Å². The minimum Gasteiger partial charge on any atom is -0.321 e. The van der Waals surface area contributed by atoms with Crippen LogP contribution in [-0.2, 0) is 6.54 Å². The summed E-state index contributed by atoms with van der Waals surface area (Å²) in [6, 6.07) is 3.98. The maximum absolute atomic E-state index is 8.96. The van der Waals surface area contributed by atoms with Crippen LogP contribution >= 0.6 is 0 Å². The number of nitriles is 2. The molecule has 96 valence electrons. The predicted octanol–water partition coefficient (Wildman–Crippen LogP) is 3.38. The topological polar surface area (TPSA) is 65.4 Å². The van der Waals surface area contributed by atoms with Crippen molar-refractivity contribution in [2.75, 3.05) is 0 Å². The lowest BCUT2D eigenvalue weighted by Gasteiger charge is -2.03. The average molecular weight is 244 g/mol. The molecule has 4 nitrogen and oxygen atoms in total. The van der Waals surface area contributed by atoms with Crippen molar-refractivity contribution in [2.24, 2.45) is 0 Å². The number of hydrogen-bond donors (Lipinski definition) is 0. The molecule has 0 aliphatic rings. The molecule has 1 rings (SSSR count). The summed E-state index contributed by atoms with van der Waals surface area (Å²) < 4.78 is 1.78. The normalized spacial score (nSPS) is 9.94. The van der Waals surface area contributed by atoms with Crippen molar-refractivity contribution in [1.82, 2.24) is 9.55 Å². The van der Waals surface area contributed by atoms with Crippen molar-refractivity contribution in [3.8, 4) is 12.1 Å². The summed E-state index contributed by atoms with van der Waals surface area (Å²) in [5.74, 6) is 0. The Balaban J connectivity index is 2.26. The summed E-state index contributed by atoms with van der Waals surface area (Å²) in [4.78, 5) is 3.92. The number of aryl methyl sites for hydroxylation is 1. The Morgan fingerprint density at radius 2 is 1.72 bits per heavy atom. The number of aromatic nitrogens is 2. The molecule has 1 aromatic heterocycles. The lowest BCUT2D eigenvalue weighted by molar-refractivity contribution is 0.548. The lowest BCUT2D eigenvalue weighted by Crippen LogP contribution is -2.00. The van der Waals surface area contributed by atoms with Crippen molar-refractivity contribution in [2.45, 2.75) is 58.4 Å². The third-order valence-corrected chi connectivity index (χ3v) is 3.05. The fourth-order valence-electron chi connectivity index (χ4n) is 1.99. The molecule has 0 aliphatic heterocycles. The SMILES string of the molecule is CCCCCCCCCn1cnc(C#N)c1C#N. The molecule has 0 atom stereocenters. The van der Waals surface area contributed by atoms with E-state index in [0.717, 1.165) is 13.0 Å². The lowest BCUT2D eigenvalue weighted by atomic mass is 10.1. The maximum Gasteiger partial charge on any atom is 0.176 e. The highest BCUT2D eigenvalue weighted by atomic mass is 15.1. The van der Waals surface area contributed by atoms with Gasteiger partial charge in [-0.05, 0) is 6.42 Å². The molecule has 0 radical (unpaired) electrons. The zero-order valence-electron chi connectivity index (χ0n) is 11.0. The number of imidazole rings is 1. The van der Waals surface area contributed by atoms with Crippen LogP contribution in [0, 0.1) is 22.7 Å². The first-order valence-corrected chi connectivity index (χ1v) is 6.68. The highest BCUT2D eigenvalue weighted by Crippen LogP contribution is 2.10. The Morgan fingerprint density at radius 1 is 1.06 bits per heavy atom. The van der Waals surface area contributed by atoms with E-state index >= 15 is 0 Å². The Labute approximate surface area is 109 Å². The molecule has 0 spiro atoms. The molecule has 4 heteroatoms. The zero-order chi connectivity index (χ0) is 13.2. The largest absolute Gasteiger partial charge is 0.321 e.